The molecule has 1 rings (SSSR count). The molecule has 0 amide bonds. The fourth-order valence-corrected chi connectivity index (χ4v) is 2.58. The molecule has 0 saturated heterocycles. The summed E-state index contributed by atoms with van der Waals surface area (Å²) < 4.78 is 5.47. The zero-order valence-corrected chi connectivity index (χ0v) is 13.2. The van der Waals surface area contributed by atoms with Crippen LogP contribution in [0.15, 0.2) is 6.07 Å². The minimum atomic E-state index is 0.533. The van der Waals surface area contributed by atoms with Gasteiger partial charge in [-0.1, -0.05) is 13.0 Å². The van der Waals surface area contributed by atoms with Crippen molar-refractivity contribution in [2.45, 2.75) is 34.2 Å². The Morgan fingerprint density at radius 2 is 1.89 bits per heavy atom. The molecule has 0 saturated carbocycles. The number of aryl methyl sites for hydroxylation is 1. The van der Waals surface area contributed by atoms with Gasteiger partial charge in [-0.15, -0.1) is 0 Å². The van der Waals surface area contributed by atoms with E-state index in [0.717, 1.165) is 25.4 Å². The summed E-state index contributed by atoms with van der Waals surface area (Å²) in [5, 5.41) is 0. The Kier molecular flexibility index (Phi) is 5.83. The number of nitrogens with two attached hydrogens (primary N) is 1. The van der Waals surface area contributed by atoms with Gasteiger partial charge in [0.15, 0.2) is 0 Å². The lowest BCUT2D eigenvalue weighted by atomic mass is 9.98. The third-order valence-corrected chi connectivity index (χ3v) is 3.80. The molecule has 1 unspecified atom stereocenters. The maximum Gasteiger partial charge on any atom is 0.124 e. The van der Waals surface area contributed by atoms with Crippen molar-refractivity contribution >= 4 is 0 Å². The Balaban J connectivity index is 2.90. The molecule has 0 spiro atoms. The van der Waals surface area contributed by atoms with Crippen molar-refractivity contribution in [2.24, 2.45) is 11.7 Å². The number of methoxy groups -OCH3 is 1. The van der Waals surface area contributed by atoms with Gasteiger partial charge in [-0.3, -0.25) is 0 Å². The maximum atomic E-state index is 5.69. The third kappa shape index (κ3) is 3.95. The fourth-order valence-electron chi connectivity index (χ4n) is 2.58. The molecule has 0 aliphatic rings. The van der Waals surface area contributed by atoms with E-state index in [1.807, 2.05) is 0 Å². The number of hydrogen-bond acceptors (Lipinski definition) is 3. The van der Waals surface area contributed by atoms with Crippen molar-refractivity contribution in [3.05, 3.63) is 28.3 Å². The van der Waals surface area contributed by atoms with Crippen molar-refractivity contribution in [1.29, 1.82) is 0 Å². The maximum absolute atomic E-state index is 5.69. The van der Waals surface area contributed by atoms with Gasteiger partial charge in [0.2, 0.25) is 0 Å². The van der Waals surface area contributed by atoms with Crippen LogP contribution in [0.3, 0.4) is 0 Å². The summed E-state index contributed by atoms with van der Waals surface area (Å²) in [5.41, 5.74) is 10.8. The molecule has 3 heteroatoms. The predicted octanol–water partition coefficient (Wildman–Crippen LogP) is 2.65. The predicted molar refractivity (Wildman–Crippen MR) is 81.8 cm³/mol. The number of rotatable bonds is 6. The van der Waals surface area contributed by atoms with Crippen molar-refractivity contribution in [2.75, 3.05) is 27.2 Å². The van der Waals surface area contributed by atoms with Gasteiger partial charge < -0.3 is 15.4 Å². The van der Waals surface area contributed by atoms with Crippen LogP contribution in [0.1, 0.15) is 29.2 Å². The Hall–Kier alpha value is -1.06. The molecule has 1 aromatic rings. The molecule has 0 fully saturated rings. The smallest absolute Gasteiger partial charge is 0.124 e. The van der Waals surface area contributed by atoms with Crippen LogP contribution in [-0.2, 0) is 6.54 Å². The zero-order valence-electron chi connectivity index (χ0n) is 13.2. The summed E-state index contributed by atoms with van der Waals surface area (Å²) in [6.45, 7) is 11.3. The van der Waals surface area contributed by atoms with Crippen molar-refractivity contribution in [3.8, 4) is 5.75 Å². The van der Waals surface area contributed by atoms with Crippen LogP contribution in [0.4, 0.5) is 0 Å². The van der Waals surface area contributed by atoms with Crippen LogP contribution in [-0.4, -0.2) is 32.1 Å². The minimum Gasteiger partial charge on any atom is -0.496 e. The lowest BCUT2D eigenvalue weighted by Crippen LogP contribution is -2.28. The Labute approximate surface area is 117 Å². The topological polar surface area (TPSA) is 38.5 Å². The standard InChI is InChI=1S/C16H28N2O/c1-11(8-17)9-18(5)10-15-7-12(2)16(19-6)14(4)13(15)3/h7,11H,8-10,17H2,1-6H3. The van der Waals surface area contributed by atoms with Gasteiger partial charge in [0, 0.05) is 13.1 Å². The number of nitrogens with zero attached hydrogens (tertiary/aromatic N) is 1. The van der Waals surface area contributed by atoms with E-state index in [2.05, 4.69) is 45.7 Å². The highest BCUT2D eigenvalue weighted by atomic mass is 16.5. The summed E-state index contributed by atoms with van der Waals surface area (Å²) in [5.74, 6) is 1.55. The summed E-state index contributed by atoms with van der Waals surface area (Å²) >= 11 is 0. The molecule has 0 aliphatic carbocycles. The van der Waals surface area contributed by atoms with Crippen LogP contribution in [0, 0.1) is 26.7 Å². The Morgan fingerprint density at radius 1 is 1.26 bits per heavy atom. The van der Waals surface area contributed by atoms with Crippen LogP contribution >= 0.6 is 0 Å². The number of ether oxygens (including phenoxy) is 1. The van der Waals surface area contributed by atoms with E-state index >= 15 is 0 Å². The first-order chi connectivity index (χ1) is 8.90. The quantitative estimate of drug-likeness (QED) is 0.858. The van der Waals surface area contributed by atoms with Gasteiger partial charge in [-0.25, -0.2) is 0 Å². The molecule has 0 aliphatic heterocycles. The largest absolute Gasteiger partial charge is 0.496 e. The molecule has 19 heavy (non-hydrogen) atoms. The van der Waals surface area contributed by atoms with Gasteiger partial charge in [0.25, 0.3) is 0 Å². The summed E-state index contributed by atoms with van der Waals surface area (Å²) in [6.07, 6.45) is 0. The Morgan fingerprint density at radius 3 is 2.42 bits per heavy atom. The van der Waals surface area contributed by atoms with Crippen LogP contribution < -0.4 is 10.5 Å². The highest BCUT2D eigenvalue weighted by molar-refractivity contribution is 5.48. The molecule has 0 aromatic heterocycles. The highest BCUT2D eigenvalue weighted by Gasteiger charge is 2.13. The van der Waals surface area contributed by atoms with Crippen LogP contribution in [0.25, 0.3) is 0 Å². The van der Waals surface area contributed by atoms with Gasteiger partial charge >= 0.3 is 0 Å². The van der Waals surface area contributed by atoms with Crippen molar-refractivity contribution in [3.63, 3.8) is 0 Å². The SMILES string of the molecule is COc1c(C)cc(CN(C)CC(C)CN)c(C)c1C. The second kappa shape index (κ2) is 6.92. The molecule has 0 bridgehead atoms. The van der Waals surface area contributed by atoms with E-state index < -0.39 is 0 Å². The van der Waals surface area contributed by atoms with E-state index in [1.54, 1.807) is 7.11 Å². The fraction of sp³-hybridized carbons (Fsp3) is 0.625. The molecule has 1 atom stereocenters. The lowest BCUT2D eigenvalue weighted by Gasteiger charge is -2.23. The van der Waals surface area contributed by atoms with E-state index in [-0.39, 0.29) is 0 Å². The second-order valence-corrected chi connectivity index (χ2v) is 5.67. The van der Waals surface area contributed by atoms with Crippen molar-refractivity contribution in [1.82, 2.24) is 4.90 Å². The molecule has 108 valence electrons. The molecule has 3 nitrogen and oxygen atoms in total. The lowest BCUT2D eigenvalue weighted by molar-refractivity contribution is 0.281. The van der Waals surface area contributed by atoms with Crippen LogP contribution in [0.2, 0.25) is 0 Å². The molecule has 1 aromatic carbocycles. The van der Waals surface area contributed by atoms with Gasteiger partial charge in [0.1, 0.15) is 5.75 Å². The average Bonchev–Trinajstić information content (AvgIpc) is 2.36. The number of benzene rings is 1. The van der Waals surface area contributed by atoms with Gasteiger partial charge in [-0.05, 0) is 62.5 Å². The molecule has 0 radical (unpaired) electrons. The highest BCUT2D eigenvalue weighted by Crippen LogP contribution is 2.29. The summed E-state index contributed by atoms with van der Waals surface area (Å²) in [7, 11) is 3.89. The minimum absolute atomic E-state index is 0.533. The van der Waals surface area contributed by atoms with Gasteiger partial charge in [-0.2, -0.15) is 0 Å². The normalized spacial score (nSPS) is 12.8. The Bertz CT molecular complexity index is 429. The number of hydrogen-bond donors (Lipinski definition) is 1. The van der Waals surface area contributed by atoms with Crippen molar-refractivity contribution < 1.29 is 4.74 Å². The van der Waals surface area contributed by atoms with Gasteiger partial charge in [0.05, 0.1) is 7.11 Å². The first kappa shape index (κ1) is 16.0. The second-order valence-electron chi connectivity index (χ2n) is 5.67. The monoisotopic (exact) mass is 264 g/mol. The summed E-state index contributed by atoms with van der Waals surface area (Å²) in [6, 6.07) is 2.24. The first-order valence-electron chi connectivity index (χ1n) is 6.93. The van der Waals surface area contributed by atoms with Crippen LogP contribution in [0.5, 0.6) is 5.75 Å². The summed E-state index contributed by atoms with van der Waals surface area (Å²) in [4.78, 5) is 2.34. The zero-order chi connectivity index (χ0) is 14.6. The van der Waals surface area contributed by atoms with E-state index in [4.69, 9.17) is 10.5 Å². The van der Waals surface area contributed by atoms with E-state index in [1.165, 1.54) is 22.3 Å². The molecule has 2 N–H and O–H groups in total. The first-order valence-corrected chi connectivity index (χ1v) is 6.93. The van der Waals surface area contributed by atoms with E-state index in [9.17, 15) is 0 Å². The molecular formula is C16H28N2O. The molecule has 0 heterocycles. The average molecular weight is 264 g/mol. The van der Waals surface area contributed by atoms with E-state index in [0.29, 0.717) is 5.92 Å². The third-order valence-electron chi connectivity index (χ3n) is 3.80. The molecular weight excluding hydrogens is 236 g/mol.